The SMILES string of the molecule is CCC(C)(OC)c1cnc(CNC(C)(C)C)o1. The van der Waals surface area contributed by atoms with E-state index in [0.29, 0.717) is 12.4 Å². The van der Waals surface area contributed by atoms with Crippen LogP contribution in [0, 0.1) is 0 Å². The third-order valence-electron chi connectivity index (χ3n) is 2.97. The van der Waals surface area contributed by atoms with Gasteiger partial charge in [-0.2, -0.15) is 0 Å². The predicted octanol–water partition coefficient (Wildman–Crippen LogP) is 2.83. The van der Waals surface area contributed by atoms with E-state index in [4.69, 9.17) is 9.15 Å². The highest BCUT2D eigenvalue weighted by Crippen LogP contribution is 2.28. The molecule has 0 saturated carbocycles. The molecule has 0 amide bonds. The minimum absolute atomic E-state index is 0.0595. The molecule has 0 fully saturated rings. The third-order valence-corrected chi connectivity index (χ3v) is 2.97. The molecule has 1 rings (SSSR count). The summed E-state index contributed by atoms with van der Waals surface area (Å²) < 4.78 is 11.2. The van der Waals surface area contributed by atoms with Crippen molar-refractivity contribution in [2.45, 2.75) is 58.7 Å². The van der Waals surface area contributed by atoms with E-state index < -0.39 is 0 Å². The second kappa shape index (κ2) is 5.19. The van der Waals surface area contributed by atoms with Crippen molar-refractivity contribution in [3.63, 3.8) is 0 Å². The van der Waals surface area contributed by atoms with Gasteiger partial charge in [-0.3, -0.25) is 0 Å². The van der Waals surface area contributed by atoms with Gasteiger partial charge in [0.1, 0.15) is 5.60 Å². The van der Waals surface area contributed by atoms with Gasteiger partial charge in [0, 0.05) is 12.6 Å². The molecule has 4 heteroatoms. The maximum absolute atomic E-state index is 5.73. The van der Waals surface area contributed by atoms with Crippen LogP contribution in [0.1, 0.15) is 52.7 Å². The van der Waals surface area contributed by atoms with Crippen LogP contribution < -0.4 is 5.32 Å². The fourth-order valence-electron chi connectivity index (χ4n) is 1.40. The van der Waals surface area contributed by atoms with E-state index in [2.05, 4.69) is 38.0 Å². The first kappa shape index (κ1) is 14.2. The van der Waals surface area contributed by atoms with Crippen molar-refractivity contribution in [2.75, 3.05) is 7.11 Å². The first-order valence-corrected chi connectivity index (χ1v) is 6.06. The van der Waals surface area contributed by atoms with Crippen LogP contribution in [-0.2, 0) is 16.9 Å². The Balaban J connectivity index is 2.71. The zero-order valence-electron chi connectivity index (χ0n) is 11.8. The van der Waals surface area contributed by atoms with Crippen molar-refractivity contribution in [2.24, 2.45) is 0 Å². The van der Waals surface area contributed by atoms with Crippen molar-refractivity contribution in [3.05, 3.63) is 17.8 Å². The standard InChI is InChI=1S/C13H24N2O2/c1-7-13(5,16-6)10-8-14-11(17-10)9-15-12(2,3)4/h8,15H,7,9H2,1-6H3. The summed E-state index contributed by atoms with van der Waals surface area (Å²) in [4.78, 5) is 4.27. The zero-order valence-corrected chi connectivity index (χ0v) is 11.8. The van der Waals surface area contributed by atoms with Gasteiger partial charge in [-0.25, -0.2) is 4.98 Å². The Labute approximate surface area is 104 Å². The molecule has 0 aliphatic rings. The number of methoxy groups -OCH3 is 1. The molecule has 0 bridgehead atoms. The number of aromatic nitrogens is 1. The Morgan fingerprint density at radius 2 is 2.00 bits per heavy atom. The average Bonchev–Trinajstić information content (AvgIpc) is 2.73. The summed E-state index contributed by atoms with van der Waals surface area (Å²) in [6, 6.07) is 0. The summed E-state index contributed by atoms with van der Waals surface area (Å²) in [5, 5.41) is 3.34. The molecule has 17 heavy (non-hydrogen) atoms. The largest absolute Gasteiger partial charge is 0.441 e. The second-order valence-electron chi connectivity index (χ2n) is 5.51. The highest BCUT2D eigenvalue weighted by Gasteiger charge is 2.28. The van der Waals surface area contributed by atoms with E-state index in [0.717, 1.165) is 12.2 Å². The van der Waals surface area contributed by atoms with Gasteiger partial charge in [-0.05, 0) is 34.1 Å². The molecular formula is C13H24N2O2. The number of nitrogens with one attached hydrogen (secondary N) is 1. The van der Waals surface area contributed by atoms with Crippen molar-refractivity contribution >= 4 is 0 Å². The lowest BCUT2D eigenvalue weighted by atomic mass is 10.0. The number of hydrogen-bond acceptors (Lipinski definition) is 4. The lowest BCUT2D eigenvalue weighted by Crippen LogP contribution is -2.35. The molecule has 0 aliphatic heterocycles. The van der Waals surface area contributed by atoms with E-state index in [1.807, 2.05) is 6.92 Å². The van der Waals surface area contributed by atoms with Gasteiger partial charge in [0.15, 0.2) is 5.76 Å². The Bertz CT molecular complexity index is 349. The number of ether oxygens (including phenoxy) is 1. The normalized spacial score (nSPS) is 15.9. The summed E-state index contributed by atoms with van der Waals surface area (Å²) in [5.41, 5.74) is -0.322. The molecule has 1 N–H and O–H groups in total. The van der Waals surface area contributed by atoms with E-state index in [9.17, 15) is 0 Å². The highest BCUT2D eigenvalue weighted by atomic mass is 16.5. The van der Waals surface area contributed by atoms with Crippen molar-refractivity contribution in [1.29, 1.82) is 0 Å². The van der Waals surface area contributed by atoms with Crippen molar-refractivity contribution in [3.8, 4) is 0 Å². The van der Waals surface area contributed by atoms with Crippen LogP contribution in [-0.4, -0.2) is 17.6 Å². The minimum Gasteiger partial charge on any atom is -0.441 e. The van der Waals surface area contributed by atoms with Gasteiger partial charge in [0.2, 0.25) is 5.89 Å². The number of nitrogens with zero attached hydrogens (tertiary/aromatic N) is 1. The van der Waals surface area contributed by atoms with E-state index in [1.165, 1.54) is 0 Å². The summed E-state index contributed by atoms with van der Waals surface area (Å²) >= 11 is 0. The Kier molecular flexibility index (Phi) is 4.33. The third kappa shape index (κ3) is 3.82. The van der Waals surface area contributed by atoms with Gasteiger partial charge in [-0.15, -0.1) is 0 Å². The zero-order chi connectivity index (χ0) is 13.1. The van der Waals surface area contributed by atoms with Crippen LogP contribution in [0.4, 0.5) is 0 Å². The lowest BCUT2D eigenvalue weighted by molar-refractivity contribution is -0.0198. The average molecular weight is 240 g/mol. The van der Waals surface area contributed by atoms with Gasteiger partial charge >= 0.3 is 0 Å². The fraction of sp³-hybridized carbons (Fsp3) is 0.769. The topological polar surface area (TPSA) is 47.3 Å². The molecule has 0 saturated heterocycles. The summed E-state index contributed by atoms with van der Waals surface area (Å²) in [6.07, 6.45) is 2.61. The van der Waals surface area contributed by atoms with Crippen molar-refractivity contribution < 1.29 is 9.15 Å². The van der Waals surface area contributed by atoms with Crippen LogP contribution in [0.5, 0.6) is 0 Å². The molecule has 98 valence electrons. The molecule has 0 spiro atoms. The smallest absolute Gasteiger partial charge is 0.208 e. The Morgan fingerprint density at radius 3 is 2.47 bits per heavy atom. The van der Waals surface area contributed by atoms with Gasteiger partial charge in [0.05, 0.1) is 12.7 Å². The van der Waals surface area contributed by atoms with Crippen LogP contribution in [0.3, 0.4) is 0 Å². The molecule has 1 atom stereocenters. The number of rotatable bonds is 5. The molecule has 1 heterocycles. The maximum atomic E-state index is 5.73. The summed E-state index contributed by atoms with van der Waals surface area (Å²) in [7, 11) is 1.69. The van der Waals surface area contributed by atoms with E-state index in [1.54, 1.807) is 13.3 Å². The molecule has 0 aromatic carbocycles. The van der Waals surface area contributed by atoms with Crippen LogP contribution in [0.25, 0.3) is 0 Å². The maximum Gasteiger partial charge on any atom is 0.208 e. The van der Waals surface area contributed by atoms with Gasteiger partial charge < -0.3 is 14.5 Å². The first-order chi connectivity index (χ1) is 7.80. The van der Waals surface area contributed by atoms with Gasteiger partial charge in [-0.1, -0.05) is 6.92 Å². The van der Waals surface area contributed by atoms with Crippen LogP contribution in [0.2, 0.25) is 0 Å². The number of hydrogen-bond donors (Lipinski definition) is 1. The summed E-state index contributed by atoms with van der Waals surface area (Å²) in [5.74, 6) is 1.49. The molecule has 1 aromatic heterocycles. The highest BCUT2D eigenvalue weighted by molar-refractivity contribution is 5.05. The van der Waals surface area contributed by atoms with Crippen LogP contribution in [0.15, 0.2) is 10.6 Å². The van der Waals surface area contributed by atoms with E-state index >= 15 is 0 Å². The summed E-state index contributed by atoms with van der Waals surface area (Å²) in [6.45, 7) is 11.0. The van der Waals surface area contributed by atoms with Gasteiger partial charge in [0.25, 0.3) is 0 Å². The molecule has 0 aliphatic carbocycles. The van der Waals surface area contributed by atoms with Crippen molar-refractivity contribution in [1.82, 2.24) is 10.3 Å². The fourth-order valence-corrected chi connectivity index (χ4v) is 1.40. The minimum atomic E-state index is -0.382. The van der Waals surface area contributed by atoms with Crippen LogP contribution >= 0.6 is 0 Å². The molecule has 1 aromatic rings. The van der Waals surface area contributed by atoms with E-state index in [-0.39, 0.29) is 11.1 Å². The molecule has 0 radical (unpaired) electrons. The predicted molar refractivity (Wildman–Crippen MR) is 67.7 cm³/mol. The second-order valence-corrected chi connectivity index (χ2v) is 5.51. The Morgan fingerprint density at radius 1 is 1.35 bits per heavy atom. The molecular weight excluding hydrogens is 216 g/mol. The number of oxazole rings is 1. The quantitative estimate of drug-likeness (QED) is 0.859. The lowest BCUT2D eigenvalue weighted by Gasteiger charge is -2.23. The molecule has 1 unspecified atom stereocenters. The molecule has 4 nitrogen and oxygen atoms in total. The Hall–Kier alpha value is -0.870. The monoisotopic (exact) mass is 240 g/mol. The first-order valence-electron chi connectivity index (χ1n) is 6.06.